The largest absolute Gasteiger partial charge is 0.493 e. The van der Waals surface area contributed by atoms with Crippen LogP contribution in [-0.4, -0.2) is 26.2 Å². The molecule has 0 aliphatic rings. The summed E-state index contributed by atoms with van der Waals surface area (Å²) in [5.74, 6) is 0.945. The number of ether oxygens (including phenoxy) is 3. The van der Waals surface area contributed by atoms with E-state index in [0.29, 0.717) is 29.7 Å². The molecule has 0 saturated heterocycles. The fraction of sp³-hybridized carbons (Fsp3) is 0.316. The van der Waals surface area contributed by atoms with Crippen LogP contribution in [0, 0.1) is 0 Å². The van der Waals surface area contributed by atoms with Crippen LogP contribution in [0.1, 0.15) is 18.9 Å². The van der Waals surface area contributed by atoms with Crippen molar-refractivity contribution in [1.82, 2.24) is 0 Å². The summed E-state index contributed by atoms with van der Waals surface area (Å²) >= 11 is 6.27. The van der Waals surface area contributed by atoms with Crippen molar-refractivity contribution in [3.8, 4) is 17.2 Å². The van der Waals surface area contributed by atoms with Gasteiger partial charge in [-0.3, -0.25) is 4.79 Å². The molecule has 6 nitrogen and oxygen atoms in total. The maximum atomic E-state index is 10.9. The number of benzene rings is 2. The summed E-state index contributed by atoms with van der Waals surface area (Å²) in [6.45, 7) is 2.96. The van der Waals surface area contributed by atoms with Gasteiger partial charge in [-0.15, -0.1) is 0 Å². The number of methoxy groups -OCH3 is 1. The summed E-state index contributed by atoms with van der Waals surface area (Å²) in [4.78, 5) is 10.9. The van der Waals surface area contributed by atoms with Gasteiger partial charge in [0, 0.05) is 6.54 Å². The van der Waals surface area contributed by atoms with Gasteiger partial charge in [0.2, 0.25) is 0 Å². The van der Waals surface area contributed by atoms with Crippen LogP contribution in [0.5, 0.6) is 17.2 Å². The normalized spacial score (nSPS) is 10.3. The lowest BCUT2D eigenvalue weighted by atomic mass is 10.2. The van der Waals surface area contributed by atoms with E-state index in [1.54, 1.807) is 12.1 Å². The average molecular weight is 379 g/mol. The summed E-state index contributed by atoms with van der Waals surface area (Å²) in [5, 5.41) is 3.68. The Morgan fingerprint density at radius 2 is 1.96 bits per heavy atom. The third-order valence-electron chi connectivity index (χ3n) is 3.48. The van der Waals surface area contributed by atoms with Crippen molar-refractivity contribution in [3.05, 3.63) is 47.0 Å². The van der Waals surface area contributed by atoms with Gasteiger partial charge in [0.05, 0.1) is 24.4 Å². The summed E-state index contributed by atoms with van der Waals surface area (Å²) < 4.78 is 16.4. The molecule has 0 saturated carbocycles. The van der Waals surface area contributed by atoms with Crippen LogP contribution in [0.15, 0.2) is 36.4 Å². The Balaban J connectivity index is 2.13. The molecule has 0 atom stereocenters. The van der Waals surface area contributed by atoms with E-state index >= 15 is 0 Å². The highest BCUT2D eigenvalue weighted by Crippen LogP contribution is 2.36. The maximum absolute atomic E-state index is 10.9. The van der Waals surface area contributed by atoms with E-state index < -0.39 is 5.91 Å². The molecule has 0 bridgehead atoms. The van der Waals surface area contributed by atoms with E-state index in [1.165, 1.54) is 7.11 Å². The van der Waals surface area contributed by atoms with Gasteiger partial charge in [0.15, 0.2) is 18.1 Å². The molecule has 0 radical (unpaired) electrons. The van der Waals surface area contributed by atoms with Crippen molar-refractivity contribution in [2.45, 2.75) is 19.9 Å². The van der Waals surface area contributed by atoms with E-state index in [2.05, 4.69) is 12.2 Å². The second-order valence-electron chi connectivity index (χ2n) is 5.56. The number of amides is 1. The maximum Gasteiger partial charge on any atom is 0.255 e. The number of carbonyl (C=O) groups is 1. The van der Waals surface area contributed by atoms with Gasteiger partial charge in [-0.25, -0.2) is 0 Å². The molecule has 1 amide bonds. The minimum Gasteiger partial charge on any atom is -0.493 e. The van der Waals surface area contributed by atoms with Crippen LogP contribution in [0.2, 0.25) is 5.02 Å². The van der Waals surface area contributed by atoms with Gasteiger partial charge >= 0.3 is 0 Å². The summed E-state index contributed by atoms with van der Waals surface area (Å²) in [7, 11) is 1.51. The number of nitrogens with two attached hydrogens (primary N) is 1. The molecule has 2 aromatic carbocycles. The van der Waals surface area contributed by atoms with Gasteiger partial charge in [0.1, 0.15) is 5.75 Å². The molecule has 0 spiro atoms. The Bertz CT molecular complexity index is 752. The van der Waals surface area contributed by atoms with E-state index in [9.17, 15) is 4.79 Å². The number of halogens is 1. The number of hydrogen-bond acceptors (Lipinski definition) is 5. The number of nitrogens with one attached hydrogen (secondary N) is 1. The van der Waals surface area contributed by atoms with Gasteiger partial charge in [-0.1, -0.05) is 30.7 Å². The van der Waals surface area contributed by atoms with Crippen molar-refractivity contribution in [3.63, 3.8) is 0 Å². The molecule has 0 aliphatic heterocycles. The summed E-state index contributed by atoms with van der Waals surface area (Å²) in [6, 6.07) is 11.3. The van der Waals surface area contributed by atoms with E-state index in [4.69, 9.17) is 31.5 Å². The Kier molecular flexibility index (Phi) is 7.41. The van der Waals surface area contributed by atoms with Crippen LogP contribution in [0.4, 0.5) is 5.69 Å². The van der Waals surface area contributed by atoms with Crippen LogP contribution >= 0.6 is 11.6 Å². The molecular formula is C19H23ClN2O4. The smallest absolute Gasteiger partial charge is 0.255 e. The molecule has 26 heavy (non-hydrogen) atoms. The number of carbonyl (C=O) groups excluding carboxylic acids is 1. The second kappa shape index (κ2) is 9.77. The first-order chi connectivity index (χ1) is 12.5. The Hall–Kier alpha value is -2.60. The fourth-order valence-corrected chi connectivity index (χ4v) is 2.59. The third kappa shape index (κ3) is 5.46. The average Bonchev–Trinajstić information content (AvgIpc) is 2.63. The van der Waals surface area contributed by atoms with Crippen LogP contribution in [-0.2, 0) is 11.3 Å². The van der Waals surface area contributed by atoms with Crippen LogP contribution in [0.3, 0.4) is 0 Å². The van der Waals surface area contributed by atoms with Crippen LogP contribution in [0.25, 0.3) is 0 Å². The number of anilines is 1. The zero-order valence-electron chi connectivity index (χ0n) is 14.9. The van der Waals surface area contributed by atoms with Crippen molar-refractivity contribution in [1.29, 1.82) is 0 Å². The number of primary amides is 1. The topological polar surface area (TPSA) is 82.8 Å². The zero-order valence-corrected chi connectivity index (χ0v) is 15.6. The summed E-state index contributed by atoms with van der Waals surface area (Å²) in [5.41, 5.74) is 6.89. The first-order valence-electron chi connectivity index (χ1n) is 8.28. The molecule has 2 aromatic rings. The molecule has 7 heteroatoms. The van der Waals surface area contributed by atoms with Gasteiger partial charge in [-0.2, -0.15) is 0 Å². The Morgan fingerprint density at radius 3 is 2.65 bits per heavy atom. The Labute approximate surface area is 158 Å². The standard InChI is InChI=1S/C19H23ClN2O4/c1-3-8-25-16-7-5-4-6-15(16)22-11-13-9-14(20)19(17(10-13)24-2)26-12-18(21)23/h4-7,9-10,22H,3,8,11-12H2,1-2H3,(H2,21,23). The zero-order chi connectivity index (χ0) is 18.9. The number of hydrogen-bond donors (Lipinski definition) is 2. The van der Waals surface area contributed by atoms with Crippen molar-refractivity contribution < 1.29 is 19.0 Å². The van der Waals surface area contributed by atoms with Gasteiger partial charge in [0.25, 0.3) is 5.91 Å². The lowest BCUT2D eigenvalue weighted by molar-refractivity contribution is -0.119. The predicted molar refractivity (Wildman–Crippen MR) is 102 cm³/mol. The molecule has 0 aromatic heterocycles. The van der Waals surface area contributed by atoms with Crippen molar-refractivity contribution >= 4 is 23.2 Å². The minimum atomic E-state index is -0.586. The van der Waals surface area contributed by atoms with E-state index in [-0.39, 0.29) is 6.61 Å². The summed E-state index contributed by atoms with van der Waals surface area (Å²) in [6.07, 6.45) is 0.938. The van der Waals surface area contributed by atoms with Gasteiger partial charge in [-0.05, 0) is 36.2 Å². The molecule has 0 fully saturated rings. The first-order valence-corrected chi connectivity index (χ1v) is 8.66. The lowest BCUT2D eigenvalue weighted by Crippen LogP contribution is -2.20. The molecule has 0 unspecified atom stereocenters. The van der Waals surface area contributed by atoms with E-state index in [0.717, 1.165) is 23.4 Å². The van der Waals surface area contributed by atoms with Crippen molar-refractivity contribution in [2.24, 2.45) is 5.73 Å². The molecule has 0 aliphatic carbocycles. The highest BCUT2D eigenvalue weighted by Gasteiger charge is 2.13. The predicted octanol–water partition coefficient (Wildman–Crippen LogP) is 3.61. The van der Waals surface area contributed by atoms with Gasteiger partial charge < -0.3 is 25.3 Å². The highest BCUT2D eigenvalue weighted by atomic mass is 35.5. The molecular weight excluding hydrogens is 356 g/mol. The first kappa shape index (κ1) is 19.7. The minimum absolute atomic E-state index is 0.268. The fourth-order valence-electron chi connectivity index (χ4n) is 2.31. The molecule has 3 N–H and O–H groups in total. The molecule has 140 valence electrons. The van der Waals surface area contributed by atoms with E-state index in [1.807, 2.05) is 24.3 Å². The monoisotopic (exact) mass is 378 g/mol. The molecule has 2 rings (SSSR count). The lowest BCUT2D eigenvalue weighted by Gasteiger charge is -2.15. The number of para-hydroxylation sites is 2. The Morgan fingerprint density at radius 1 is 1.19 bits per heavy atom. The van der Waals surface area contributed by atoms with Crippen LogP contribution < -0.4 is 25.3 Å². The SMILES string of the molecule is CCCOc1ccccc1NCc1cc(Cl)c(OCC(N)=O)c(OC)c1. The number of rotatable bonds is 10. The second-order valence-corrected chi connectivity index (χ2v) is 5.97. The third-order valence-corrected chi connectivity index (χ3v) is 3.76. The van der Waals surface area contributed by atoms with Crippen molar-refractivity contribution in [2.75, 3.05) is 25.6 Å². The quantitative estimate of drug-likeness (QED) is 0.659. The highest BCUT2D eigenvalue weighted by molar-refractivity contribution is 6.32. The molecule has 0 heterocycles.